The number of likely N-dealkylation sites (tertiary alicyclic amines) is 1. The summed E-state index contributed by atoms with van der Waals surface area (Å²) in [7, 11) is 1.69. The number of nitrogens with zero attached hydrogens (tertiary/aromatic N) is 8. The van der Waals surface area contributed by atoms with E-state index in [2.05, 4.69) is 36.1 Å². The number of hydrogen-bond donors (Lipinski definition) is 1. The van der Waals surface area contributed by atoms with Crippen LogP contribution in [0.5, 0.6) is 5.75 Å². The molecule has 9 rings (SSSR count). The van der Waals surface area contributed by atoms with E-state index in [0.29, 0.717) is 29.1 Å². The van der Waals surface area contributed by atoms with E-state index in [9.17, 15) is 4.79 Å². The highest BCUT2D eigenvalue weighted by Crippen LogP contribution is 2.41. The normalized spacial score (nSPS) is 23.0. The van der Waals surface area contributed by atoms with E-state index >= 15 is 0 Å². The lowest BCUT2D eigenvalue weighted by Crippen LogP contribution is -2.41. The number of fused-ring (bicyclic) bond motifs is 4. The molecule has 47 heavy (non-hydrogen) atoms. The molecule has 11 nitrogen and oxygen atoms in total. The number of rotatable bonds is 8. The lowest BCUT2D eigenvalue weighted by molar-refractivity contribution is 0.0700. The molecule has 2 bridgehead atoms. The highest BCUT2D eigenvalue weighted by molar-refractivity contribution is 6.00. The number of ether oxygens (including phenoxy) is 1. The van der Waals surface area contributed by atoms with Crippen molar-refractivity contribution >= 4 is 33.9 Å². The van der Waals surface area contributed by atoms with Crippen LogP contribution in [0.15, 0.2) is 55.0 Å². The summed E-state index contributed by atoms with van der Waals surface area (Å²) >= 11 is 0. The quantitative estimate of drug-likeness (QED) is 0.261. The van der Waals surface area contributed by atoms with Crippen LogP contribution in [0.2, 0.25) is 0 Å². The highest BCUT2D eigenvalue weighted by atomic mass is 16.5. The Hall–Kier alpha value is -4.51. The summed E-state index contributed by atoms with van der Waals surface area (Å²) in [6.07, 6.45) is 12.1. The van der Waals surface area contributed by atoms with Gasteiger partial charge in [-0.15, -0.1) is 0 Å². The predicted octanol–water partition coefficient (Wildman–Crippen LogP) is 4.74. The van der Waals surface area contributed by atoms with E-state index in [1.165, 1.54) is 12.8 Å². The van der Waals surface area contributed by atoms with Gasteiger partial charge in [-0.3, -0.25) is 4.79 Å². The maximum Gasteiger partial charge on any atom is 0.254 e. The van der Waals surface area contributed by atoms with Crippen LogP contribution in [0, 0.1) is 17.8 Å². The van der Waals surface area contributed by atoms with Gasteiger partial charge in [0.25, 0.3) is 5.91 Å². The van der Waals surface area contributed by atoms with Crippen molar-refractivity contribution in [3.8, 4) is 17.3 Å². The average Bonchev–Trinajstić information content (AvgIpc) is 3.48. The fourth-order valence-electron chi connectivity index (χ4n) is 8.37. The molecule has 2 saturated heterocycles. The number of methoxy groups -OCH3 is 1. The van der Waals surface area contributed by atoms with Gasteiger partial charge in [0.1, 0.15) is 16.9 Å². The fraction of sp³-hybridized carbons (Fsp3) is 0.472. The van der Waals surface area contributed by atoms with Gasteiger partial charge in [-0.05, 0) is 92.7 Å². The van der Waals surface area contributed by atoms with E-state index in [1.807, 2.05) is 47.8 Å². The number of hydrogen-bond acceptors (Lipinski definition) is 8. The predicted molar refractivity (Wildman–Crippen MR) is 180 cm³/mol. The molecular weight excluding hydrogens is 590 g/mol. The third kappa shape index (κ3) is 4.94. The second-order valence-electron chi connectivity index (χ2n) is 14.0. The molecule has 3 atom stereocenters. The van der Waals surface area contributed by atoms with Gasteiger partial charge in [0.05, 0.1) is 18.3 Å². The van der Waals surface area contributed by atoms with E-state index in [-0.39, 0.29) is 18.0 Å². The highest BCUT2D eigenvalue weighted by Gasteiger charge is 2.47. The van der Waals surface area contributed by atoms with Crippen LogP contribution >= 0.6 is 0 Å². The number of imidazole rings is 1. The molecule has 4 aromatic heterocycles. The molecule has 11 heteroatoms. The van der Waals surface area contributed by atoms with Crippen molar-refractivity contribution in [2.75, 3.05) is 31.6 Å². The van der Waals surface area contributed by atoms with E-state index in [0.717, 1.165) is 97.9 Å². The zero-order valence-electron chi connectivity index (χ0n) is 26.8. The Bertz CT molecular complexity index is 1960. The molecule has 4 aliphatic rings. The number of carbonyl (C=O) groups excluding carboxylic acids is 1. The summed E-state index contributed by atoms with van der Waals surface area (Å²) in [5, 5.41) is 1.11. The van der Waals surface area contributed by atoms with Gasteiger partial charge in [0, 0.05) is 74.3 Å². The molecule has 5 aromatic rings. The standard InChI is InChI=1S/C36H41N9O2/c1-47-30-18-26(35(46)44-21-25-7-8-28(44)31(25)37)16-27-32(30)45(20-23-9-14-42(15-10-23)36-39-12-3-13-40-36)34(41-27)29-17-24-4-2-11-38-33(24)43(29)19-22-5-6-22/h2-4,11-13,16-18,22-23,25,28,31H,5-10,14-15,19-21,37H2,1H3/t25-,28-,31-/m1/s1. The molecule has 2 saturated carbocycles. The van der Waals surface area contributed by atoms with Gasteiger partial charge in [-0.25, -0.2) is 19.9 Å². The summed E-state index contributed by atoms with van der Waals surface area (Å²) in [4.78, 5) is 37.4. The summed E-state index contributed by atoms with van der Waals surface area (Å²) in [6, 6.07) is 12.3. The fourth-order valence-corrected chi connectivity index (χ4v) is 8.37. The Balaban J connectivity index is 1.13. The molecule has 0 unspecified atom stereocenters. The SMILES string of the molecule is COc1cc(C(=O)N2C[C@H]3CC[C@@H]2[C@@H]3N)cc2nc(-c3cc4cccnc4n3CC3CC3)n(CC3CCN(c4ncccn4)CC3)c12. The van der Waals surface area contributed by atoms with E-state index in [4.69, 9.17) is 20.4 Å². The number of pyridine rings is 1. The number of aromatic nitrogens is 6. The minimum Gasteiger partial charge on any atom is -0.494 e. The second-order valence-corrected chi connectivity index (χ2v) is 14.0. The largest absolute Gasteiger partial charge is 0.494 e. The minimum absolute atomic E-state index is 0.0199. The van der Waals surface area contributed by atoms with Crippen LogP contribution in [-0.4, -0.2) is 78.7 Å². The topological polar surface area (TPSA) is 120 Å². The molecule has 2 N–H and O–H groups in total. The van der Waals surface area contributed by atoms with Crippen molar-refractivity contribution in [3.63, 3.8) is 0 Å². The first-order valence-electron chi connectivity index (χ1n) is 17.2. The number of piperidine rings is 2. The van der Waals surface area contributed by atoms with Gasteiger partial charge < -0.3 is 29.4 Å². The Morgan fingerprint density at radius 1 is 0.915 bits per heavy atom. The van der Waals surface area contributed by atoms with Crippen molar-refractivity contribution in [2.45, 2.75) is 63.7 Å². The summed E-state index contributed by atoms with van der Waals surface area (Å²) in [6.45, 7) is 4.25. The number of nitrogens with two attached hydrogens (primary N) is 1. The molecule has 2 aliphatic heterocycles. The van der Waals surface area contributed by atoms with Crippen LogP contribution in [-0.2, 0) is 13.1 Å². The second kappa shape index (κ2) is 11.3. The smallest absolute Gasteiger partial charge is 0.254 e. The Morgan fingerprint density at radius 3 is 2.40 bits per heavy atom. The van der Waals surface area contributed by atoms with Crippen LogP contribution in [0.25, 0.3) is 33.6 Å². The average molecular weight is 632 g/mol. The molecule has 2 aliphatic carbocycles. The Labute approximate surface area is 273 Å². The summed E-state index contributed by atoms with van der Waals surface area (Å²) in [5.41, 5.74) is 10.9. The first-order valence-corrected chi connectivity index (χ1v) is 17.2. The first-order chi connectivity index (χ1) is 23.1. The van der Waals surface area contributed by atoms with Gasteiger partial charge in [-0.1, -0.05) is 0 Å². The number of amides is 1. The van der Waals surface area contributed by atoms with E-state index < -0.39 is 0 Å². The number of anilines is 1. The first kappa shape index (κ1) is 28.7. The lowest BCUT2D eigenvalue weighted by atomic mass is 9.96. The molecule has 1 amide bonds. The molecule has 0 radical (unpaired) electrons. The van der Waals surface area contributed by atoms with Gasteiger partial charge in [-0.2, -0.15) is 0 Å². The Morgan fingerprint density at radius 2 is 1.68 bits per heavy atom. The van der Waals surface area contributed by atoms with Crippen molar-refractivity contribution < 1.29 is 9.53 Å². The monoisotopic (exact) mass is 631 g/mol. The van der Waals surface area contributed by atoms with Crippen molar-refractivity contribution in [1.29, 1.82) is 0 Å². The molecule has 6 heterocycles. The van der Waals surface area contributed by atoms with Crippen molar-refractivity contribution in [3.05, 3.63) is 60.6 Å². The lowest BCUT2D eigenvalue weighted by Gasteiger charge is -2.32. The van der Waals surface area contributed by atoms with Crippen LogP contribution in [0.1, 0.15) is 48.9 Å². The molecular formula is C36H41N9O2. The Kier molecular flexibility index (Phi) is 6.92. The third-order valence-electron chi connectivity index (χ3n) is 11.1. The third-order valence-corrected chi connectivity index (χ3v) is 11.1. The van der Waals surface area contributed by atoms with E-state index in [1.54, 1.807) is 7.11 Å². The van der Waals surface area contributed by atoms with Gasteiger partial charge in [0.15, 0.2) is 5.82 Å². The van der Waals surface area contributed by atoms with Crippen LogP contribution < -0.4 is 15.4 Å². The zero-order valence-corrected chi connectivity index (χ0v) is 26.8. The maximum absolute atomic E-state index is 14.0. The number of benzene rings is 1. The molecule has 0 spiro atoms. The van der Waals surface area contributed by atoms with Gasteiger partial charge in [0.2, 0.25) is 5.95 Å². The zero-order chi connectivity index (χ0) is 31.6. The maximum atomic E-state index is 14.0. The van der Waals surface area contributed by atoms with Crippen LogP contribution in [0.4, 0.5) is 5.95 Å². The van der Waals surface area contributed by atoms with Crippen LogP contribution in [0.3, 0.4) is 0 Å². The molecule has 4 fully saturated rings. The van der Waals surface area contributed by atoms with Gasteiger partial charge >= 0.3 is 0 Å². The minimum atomic E-state index is 0.0199. The molecule has 1 aromatic carbocycles. The van der Waals surface area contributed by atoms with Crippen molar-refractivity contribution in [1.82, 2.24) is 34.0 Å². The number of carbonyl (C=O) groups is 1. The summed E-state index contributed by atoms with van der Waals surface area (Å²) in [5.74, 6) is 3.87. The summed E-state index contributed by atoms with van der Waals surface area (Å²) < 4.78 is 10.8. The van der Waals surface area contributed by atoms with Crippen molar-refractivity contribution in [2.24, 2.45) is 23.5 Å². The molecule has 242 valence electrons.